The average Bonchev–Trinajstić information content (AvgIpc) is 2.73. The van der Waals surface area contributed by atoms with Gasteiger partial charge in [-0.15, -0.1) is 0 Å². The number of likely N-dealkylation sites (tertiary alicyclic amines) is 1. The Balaban J connectivity index is 2.36. The standard InChI is InChI=1S/C15H19NO5S/c1-10-4-3-5-11(8-10)14-12(15(18)19)9-13(17)16(14)6-7-22(2,20)21/h3-5,8,12,14H,6-7,9H2,1-2H3,(H,18,19)/t12-,14-/m1/s1. The maximum Gasteiger partial charge on any atom is 0.309 e. The molecule has 0 saturated carbocycles. The summed E-state index contributed by atoms with van der Waals surface area (Å²) in [5.74, 6) is -2.38. The summed E-state index contributed by atoms with van der Waals surface area (Å²) in [7, 11) is -3.23. The van der Waals surface area contributed by atoms with Crippen LogP contribution in [0.3, 0.4) is 0 Å². The summed E-state index contributed by atoms with van der Waals surface area (Å²) in [6, 6.07) is 6.69. The van der Waals surface area contributed by atoms with Crippen molar-refractivity contribution in [2.75, 3.05) is 18.6 Å². The third-order valence-corrected chi connectivity index (χ3v) is 4.76. The summed E-state index contributed by atoms with van der Waals surface area (Å²) >= 11 is 0. The van der Waals surface area contributed by atoms with Crippen LogP contribution in [-0.2, 0) is 19.4 Å². The molecule has 120 valence electrons. The number of nitrogens with zero attached hydrogens (tertiary/aromatic N) is 1. The van der Waals surface area contributed by atoms with Crippen LogP contribution in [0.5, 0.6) is 0 Å². The minimum Gasteiger partial charge on any atom is -0.481 e. The van der Waals surface area contributed by atoms with Gasteiger partial charge in [0.1, 0.15) is 9.84 Å². The zero-order valence-electron chi connectivity index (χ0n) is 12.5. The molecule has 1 amide bonds. The van der Waals surface area contributed by atoms with E-state index in [-0.39, 0.29) is 24.6 Å². The number of amides is 1. The van der Waals surface area contributed by atoms with Gasteiger partial charge in [0.25, 0.3) is 0 Å². The van der Waals surface area contributed by atoms with Crippen LogP contribution in [0.15, 0.2) is 24.3 Å². The topological polar surface area (TPSA) is 91.8 Å². The Morgan fingerprint density at radius 3 is 2.64 bits per heavy atom. The number of rotatable bonds is 5. The van der Waals surface area contributed by atoms with Crippen LogP contribution in [0.1, 0.15) is 23.6 Å². The summed E-state index contributed by atoms with van der Waals surface area (Å²) in [5, 5.41) is 9.38. The van der Waals surface area contributed by atoms with E-state index in [9.17, 15) is 23.1 Å². The van der Waals surface area contributed by atoms with Crippen molar-refractivity contribution in [2.45, 2.75) is 19.4 Å². The Bertz CT molecular complexity index is 698. The summed E-state index contributed by atoms with van der Waals surface area (Å²) in [6.07, 6.45) is 1.00. The molecule has 1 fully saturated rings. The van der Waals surface area contributed by atoms with E-state index in [0.717, 1.165) is 17.4 Å². The molecular weight excluding hydrogens is 306 g/mol. The molecule has 1 aromatic carbocycles. The van der Waals surface area contributed by atoms with Crippen LogP contribution < -0.4 is 0 Å². The lowest BCUT2D eigenvalue weighted by Gasteiger charge is -2.27. The van der Waals surface area contributed by atoms with Crippen molar-refractivity contribution < 1.29 is 23.1 Å². The van der Waals surface area contributed by atoms with Crippen molar-refractivity contribution in [3.8, 4) is 0 Å². The number of aliphatic carboxylic acids is 1. The van der Waals surface area contributed by atoms with E-state index in [1.165, 1.54) is 4.90 Å². The second kappa shape index (κ2) is 6.08. The molecule has 1 aromatic rings. The van der Waals surface area contributed by atoms with E-state index in [0.29, 0.717) is 0 Å². The van der Waals surface area contributed by atoms with E-state index in [2.05, 4.69) is 0 Å². The van der Waals surface area contributed by atoms with Gasteiger partial charge < -0.3 is 10.0 Å². The number of aryl methyl sites for hydroxylation is 1. The van der Waals surface area contributed by atoms with Gasteiger partial charge in [0.05, 0.1) is 17.7 Å². The molecule has 0 radical (unpaired) electrons. The van der Waals surface area contributed by atoms with Crippen LogP contribution >= 0.6 is 0 Å². The molecule has 2 rings (SSSR count). The molecular formula is C15H19NO5S. The van der Waals surface area contributed by atoms with E-state index in [4.69, 9.17) is 0 Å². The molecule has 1 N–H and O–H groups in total. The number of benzene rings is 1. The molecule has 0 aliphatic carbocycles. The SMILES string of the molecule is Cc1cccc([C@@H]2[C@H](C(=O)O)CC(=O)N2CCS(C)(=O)=O)c1. The molecule has 0 spiro atoms. The minimum absolute atomic E-state index is 0.0139. The lowest BCUT2D eigenvalue weighted by Crippen LogP contribution is -2.34. The van der Waals surface area contributed by atoms with Crippen LogP contribution in [0, 0.1) is 12.8 Å². The highest BCUT2D eigenvalue weighted by Crippen LogP contribution is 2.38. The first-order chi connectivity index (χ1) is 10.2. The second-order valence-corrected chi connectivity index (χ2v) is 7.98. The Morgan fingerprint density at radius 1 is 1.41 bits per heavy atom. The first-order valence-electron chi connectivity index (χ1n) is 6.95. The number of carboxylic acid groups (broad SMARTS) is 1. The third-order valence-electron chi connectivity index (χ3n) is 3.84. The van der Waals surface area contributed by atoms with Crippen LogP contribution in [0.25, 0.3) is 0 Å². The number of carboxylic acids is 1. The van der Waals surface area contributed by atoms with Gasteiger partial charge in [-0.25, -0.2) is 8.42 Å². The van der Waals surface area contributed by atoms with Gasteiger partial charge in [0.15, 0.2) is 0 Å². The summed E-state index contributed by atoms with van der Waals surface area (Å²) in [5.41, 5.74) is 1.69. The quantitative estimate of drug-likeness (QED) is 0.872. The zero-order chi connectivity index (χ0) is 16.5. The van der Waals surface area contributed by atoms with Gasteiger partial charge in [-0.1, -0.05) is 29.8 Å². The number of carbonyl (C=O) groups excluding carboxylic acids is 1. The molecule has 1 aliphatic rings. The summed E-state index contributed by atoms with van der Waals surface area (Å²) < 4.78 is 22.7. The van der Waals surface area contributed by atoms with E-state index in [1.54, 1.807) is 12.1 Å². The normalized spacial score (nSPS) is 22.1. The maximum atomic E-state index is 12.1. The fraction of sp³-hybridized carbons (Fsp3) is 0.467. The summed E-state index contributed by atoms with van der Waals surface area (Å²) in [6.45, 7) is 1.90. The Hall–Kier alpha value is -1.89. The van der Waals surface area contributed by atoms with Crippen molar-refractivity contribution >= 4 is 21.7 Å². The minimum atomic E-state index is -3.23. The molecule has 7 heteroatoms. The Kier molecular flexibility index (Phi) is 4.55. The first-order valence-corrected chi connectivity index (χ1v) is 9.01. The van der Waals surface area contributed by atoms with Crippen LogP contribution in [0.2, 0.25) is 0 Å². The Morgan fingerprint density at radius 2 is 2.09 bits per heavy atom. The largest absolute Gasteiger partial charge is 0.481 e. The van der Waals surface area contributed by atoms with Crippen molar-refractivity contribution in [3.05, 3.63) is 35.4 Å². The molecule has 1 heterocycles. The second-order valence-electron chi connectivity index (χ2n) is 5.72. The molecule has 1 saturated heterocycles. The first kappa shape index (κ1) is 16.5. The molecule has 1 aliphatic heterocycles. The molecule has 2 atom stereocenters. The highest BCUT2D eigenvalue weighted by Gasteiger charge is 2.44. The van der Waals surface area contributed by atoms with E-state index >= 15 is 0 Å². The Labute approximate surface area is 129 Å². The van der Waals surface area contributed by atoms with Crippen molar-refractivity contribution in [1.29, 1.82) is 0 Å². The van der Waals surface area contributed by atoms with Crippen molar-refractivity contribution in [3.63, 3.8) is 0 Å². The highest BCUT2D eigenvalue weighted by molar-refractivity contribution is 7.90. The third kappa shape index (κ3) is 3.65. The van der Waals surface area contributed by atoms with Gasteiger partial charge in [0.2, 0.25) is 5.91 Å². The van der Waals surface area contributed by atoms with Gasteiger partial charge in [0, 0.05) is 19.2 Å². The molecule has 0 unspecified atom stereocenters. The van der Waals surface area contributed by atoms with Crippen LogP contribution in [0.4, 0.5) is 0 Å². The molecule has 0 bridgehead atoms. The van der Waals surface area contributed by atoms with Gasteiger partial charge in [-0.2, -0.15) is 0 Å². The van der Waals surface area contributed by atoms with Gasteiger partial charge >= 0.3 is 5.97 Å². The van der Waals surface area contributed by atoms with Crippen LogP contribution in [-0.4, -0.2) is 48.9 Å². The van der Waals surface area contributed by atoms with Gasteiger partial charge in [-0.3, -0.25) is 9.59 Å². The fourth-order valence-corrected chi connectivity index (χ4v) is 3.33. The highest BCUT2D eigenvalue weighted by atomic mass is 32.2. The molecule has 0 aromatic heterocycles. The average molecular weight is 325 g/mol. The predicted octanol–water partition coefficient (Wildman–Crippen LogP) is 1.01. The van der Waals surface area contributed by atoms with Crippen molar-refractivity contribution in [2.24, 2.45) is 5.92 Å². The monoisotopic (exact) mass is 325 g/mol. The maximum absolute atomic E-state index is 12.1. The van der Waals surface area contributed by atoms with Gasteiger partial charge in [-0.05, 0) is 12.5 Å². The number of hydrogen-bond acceptors (Lipinski definition) is 4. The van der Waals surface area contributed by atoms with E-state index in [1.807, 2.05) is 19.1 Å². The predicted molar refractivity (Wildman–Crippen MR) is 81.1 cm³/mol. The number of hydrogen-bond donors (Lipinski definition) is 1. The number of carbonyl (C=O) groups is 2. The van der Waals surface area contributed by atoms with E-state index < -0.39 is 27.8 Å². The number of sulfone groups is 1. The molecule has 6 nitrogen and oxygen atoms in total. The fourth-order valence-electron chi connectivity index (χ4n) is 2.81. The smallest absolute Gasteiger partial charge is 0.309 e. The van der Waals surface area contributed by atoms with Crippen molar-refractivity contribution in [1.82, 2.24) is 4.90 Å². The lowest BCUT2D eigenvalue weighted by atomic mass is 9.93. The summed E-state index contributed by atoms with van der Waals surface area (Å²) in [4.78, 5) is 25.0. The zero-order valence-corrected chi connectivity index (χ0v) is 13.3. The molecule has 22 heavy (non-hydrogen) atoms. The lowest BCUT2D eigenvalue weighted by molar-refractivity contribution is -0.142.